The summed E-state index contributed by atoms with van der Waals surface area (Å²) in [6.45, 7) is 2.61. The Morgan fingerprint density at radius 1 is 1.30 bits per heavy atom. The Morgan fingerprint density at radius 3 is 2.78 bits per heavy atom. The second kappa shape index (κ2) is 8.31. The van der Waals surface area contributed by atoms with Crippen LogP contribution in [-0.4, -0.2) is 12.5 Å². The lowest BCUT2D eigenvalue weighted by Crippen LogP contribution is -2.14. The fourth-order valence-corrected chi connectivity index (χ4v) is 2.45. The molecule has 0 saturated heterocycles. The Hall–Kier alpha value is -1.59. The Balaban J connectivity index is 2.19. The second-order valence-electron chi connectivity index (χ2n) is 4.93. The van der Waals surface area contributed by atoms with Crippen LogP contribution < -0.4 is 10.1 Å². The Labute approximate surface area is 147 Å². The molecule has 0 heterocycles. The van der Waals surface area contributed by atoms with E-state index in [0.717, 1.165) is 17.3 Å². The summed E-state index contributed by atoms with van der Waals surface area (Å²) in [5, 5.41) is 2.65. The first-order valence-corrected chi connectivity index (χ1v) is 8.37. The number of hydrogen-bond acceptors (Lipinski definition) is 2. The van der Waals surface area contributed by atoms with E-state index in [4.69, 9.17) is 16.3 Å². The van der Waals surface area contributed by atoms with E-state index >= 15 is 0 Å². The number of nitrogens with one attached hydrogen (secondary N) is 1. The first-order chi connectivity index (χ1) is 11.0. The zero-order valence-corrected chi connectivity index (χ0v) is 14.9. The number of anilines is 1. The molecule has 0 saturated carbocycles. The van der Waals surface area contributed by atoms with Gasteiger partial charge in [0.15, 0.2) is 0 Å². The predicted molar refractivity (Wildman–Crippen MR) is 93.9 cm³/mol. The molecule has 2 aromatic rings. The summed E-state index contributed by atoms with van der Waals surface area (Å²) in [5.74, 6) is -0.372. The van der Waals surface area contributed by atoms with Crippen LogP contribution in [0.5, 0.6) is 5.75 Å². The molecule has 0 radical (unpaired) electrons. The van der Waals surface area contributed by atoms with Gasteiger partial charge < -0.3 is 10.1 Å². The van der Waals surface area contributed by atoms with Crippen molar-refractivity contribution in [2.24, 2.45) is 0 Å². The van der Waals surface area contributed by atoms with E-state index in [1.807, 2.05) is 6.07 Å². The number of carbonyl (C=O) groups excluding carboxylic acids is 1. The fraction of sp³-hybridized carbons (Fsp3) is 0.235. The molecular weight excluding hydrogens is 385 g/mol. The third-order valence-electron chi connectivity index (χ3n) is 3.12. The minimum absolute atomic E-state index is 0.0449. The number of halogens is 3. The van der Waals surface area contributed by atoms with Crippen LogP contribution in [0.15, 0.2) is 40.9 Å². The van der Waals surface area contributed by atoms with E-state index < -0.39 is 5.82 Å². The Morgan fingerprint density at radius 2 is 2.09 bits per heavy atom. The van der Waals surface area contributed by atoms with Crippen molar-refractivity contribution in [3.8, 4) is 5.75 Å². The van der Waals surface area contributed by atoms with E-state index in [0.29, 0.717) is 23.6 Å². The van der Waals surface area contributed by atoms with Crippen molar-refractivity contribution < 1.29 is 13.9 Å². The van der Waals surface area contributed by atoms with Crippen molar-refractivity contribution in [3.05, 3.63) is 57.3 Å². The van der Waals surface area contributed by atoms with Gasteiger partial charge in [-0.15, -0.1) is 0 Å². The van der Waals surface area contributed by atoms with Gasteiger partial charge >= 0.3 is 0 Å². The largest absolute Gasteiger partial charge is 0.493 e. The number of unbranched alkanes of at least 4 members (excludes halogenated alkanes) is 1. The molecule has 0 aromatic heterocycles. The van der Waals surface area contributed by atoms with Gasteiger partial charge in [-0.2, -0.15) is 0 Å². The number of amides is 1. The first kappa shape index (κ1) is 17.8. The summed E-state index contributed by atoms with van der Waals surface area (Å²) >= 11 is 9.07. The van der Waals surface area contributed by atoms with Crippen LogP contribution >= 0.6 is 27.5 Å². The van der Waals surface area contributed by atoms with Gasteiger partial charge in [-0.3, -0.25) is 4.79 Å². The molecule has 23 heavy (non-hydrogen) atoms. The number of benzene rings is 2. The molecule has 1 N–H and O–H groups in total. The highest BCUT2D eigenvalue weighted by Crippen LogP contribution is 2.26. The van der Waals surface area contributed by atoms with Crippen molar-refractivity contribution in [2.45, 2.75) is 19.8 Å². The molecule has 122 valence electrons. The van der Waals surface area contributed by atoms with E-state index in [2.05, 4.69) is 28.2 Å². The minimum Gasteiger partial charge on any atom is -0.493 e. The van der Waals surface area contributed by atoms with Gasteiger partial charge in [-0.05, 0) is 42.8 Å². The van der Waals surface area contributed by atoms with Crippen molar-refractivity contribution in [3.63, 3.8) is 0 Å². The lowest BCUT2D eigenvalue weighted by molar-refractivity contribution is 0.102. The van der Waals surface area contributed by atoms with Crippen molar-refractivity contribution in [2.75, 3.05) is 11.9 Å². The molecule has 0 bridgehead atoms. The number of rotatable bonds is 6. The van der Waals surface area contributed by atoms with Crippen LogP contribution in [0, 0.1) is 5.82 Å². The molecule has 2 aromatic carbocycles. The maximum Gasteiger partial charge on any atom is 0.259 e. The highest BCUT2D eigenvalue weighted by atomic mass is 79.9. The van der Waals surface area contributed by atoms with Gasteiger partial charge in [0.1, 0.15) is 11.6 Å². The molecule has 0 spiro atoms. The molecule has 0 atom stereocenters. The van der Waals surface area contributed by atoms with Gasteiger partial charge in [0.2, 0.25) is 0 Å². The van der Waals surface area contributed by atoms with Crippen LogP contribution in [0.4, 0.5) is 10.1 Å². The Bertz CT molecular complexity index is 709. The van der Waals surface area contributed by atoms with E-state index in [-0.39, 0.29) is 10.9 Å². The van der Waals surface area contributed by atoms with Crippen molar-refractivity contribution >= 4 is 39.1 Å². The lowest BCUT2D eigenvalue weighted by atomic mass is 10.1. The van der Waals surface area contributed by atoms with E-state index in [1.54, 1.807) is 12.1 Å². The molecule has 0 aliphatic rings. The van der Waals surface area contributed by atoms with Crippen LogP contribution in [0.2, 0.25) is 5.02 Å². The average Bonchev–Trinajstić information content (AvgIpc) is 2.52. The quantitative estimate of drug-likeness (QED) is 0.634. The van der Waals surface area contributed by atoms with E-state index in [1.165, 1.54) is 18.2 Å². The number of carbonyl (C=O) groups is 1. The second-order valence-corrected chi connectivity index (χ2v) is 6.25. The van der Waals surface area contributed by atoms with Crippen LogP contribution in [0.25, 0.3) is 0 Å². The van der Waals surface area contributed by atoms with Crippen LogP contribution in [0.1, 0.15) is 30.1 Å². The lowest BCUT2D eigenvalue weighted by Gasteiger charge is -2.12. The SMILES string of the molecule is CCCCOc1ccc(Br)cc1C(=O)Nc1ccc(F)c(Cl)c1. The van der Waals surface area contributed by atoms with Gasteiger partial charge in [0, 0.05) is 10.2 Å². The summed E-state index contributed by atoms with van der Waals surface area (Å²) in [7, 11) is 0. The third kappa shape index (κ3) is 4.94. The number of ether oxygens (including phenoxy) is 1. The molecule has 0 unspecified atom stereocenters. The van der Waals surface area contributed by atoms with Gasteiger partial charge in [0.05, 0.1) is 17.2 Å². The summed E-state index contributed by atoms with van der Waals surface area (Å²) in [4.78, 5) is 12.5. The molecule has 1 amide bonds. The minimum atomic E-state index is -0.532. The van der Waals surface area contributed by atoms with E-state index in [9.17, 15) is 9.18 Å². The molecule has 2 rings (SSSR count). The summed E-state index contributed by atoms with van der Waals surface area (Å²) < 4.78 is 19.6. The van der Waals surface area contributed by atoms with Crippen LogP contribution in [0.3, 0.4) is 0 Å². The fourth-order valence-electron chi connectivity index (χ4n) is 1.90. The molecule has 0 aliphatic heterocycles. The maximum atomic E-state index is 13.2. The van der Waals surface area contributed by atoms with Gasteiger partial charge in [-0.25, -0.2) is 4.39 Å². The van der Waals surface area contributed by atoms with Crippen molar-refractivity contribution in [1.82, 2.24) is 0 Å². The molecular formula is C17H16BrClFNO2. The topological polar surface area (TPSA) is 38.3 Å². The summed E-state index contributed by atoms with van der Waals surface area (Å²) in [6.07, 6.45) is 1.91. The zero-order valence-electron chi connectivity index (χ0n) is 12.5. The van der Waals surface area contributed by atoms with Gasteiger partial charge in [-0.1, -0.05) is 40.9 Å². The highest BCUT2D eigenvalue weighted by Gasteiger charge is 2.14. The first-order valence-electron chi connectivity index (χ1n) is 7.20. The Kier molecular flexibility index (Phi) is 6.42. The predicted octanol–water partition coefficient (Wildman–Crippen LogP) is 5.67. The molecule has 3 nitrogen and oxygen atoms in total. The smallest absolute Gasteiger partial charge is 0.259 e. The van der Waals surface area contributed by atoms with Crippen molar-refractivity contribution in [1.29, 1.82) is 0 Å². The van der Waals surface area contributed by atoms with Crippen LogP contribution in [-0.2, 0) is 0 Å². The normalized spacial score (nSPS) is 10.4. The van der Waals surface area contributed by atoms with Gasteiger partial charge in [0.25, 0.3) is 5.91 Å². The number of hydrogen-bond donors (Lipinski definition) is 1. The molecule has 0 fully saturated rings. The highest BCUT2D eigenvalue weighted by molar-refractivity contribution is 9.10. The maximum absolute atomic E-state index is 13.2. The standard InChI is InChI=1S/C17H16BrClFNO2/c1-2-3-8-23-16-7-4-11(18)9-13(16)17(22)21-12-5-6-15(20)14(19)10-12/h4-7,9-10H,2-3,8H2,1H3,(H,21,22). The zero-order chi connectivity index (χ0) is 16.8. The summed E-state index contributed by atoms with van der Waals surface area (Å²) in [6, 6.07) is 9.26. The molecule has 6 heteroatoms. The molecule has 0 aliphatic carbocycles. The average molecular weight is 401 g/mol. The summed E-state index contributed by atoms with van der Waals surface area (Å²) in [5.41, 5.74) is 0.816. The monoisotopic (exact) mass is 399 g/mol. The third-order valence-corrected chi connectivity index (χ3v) is 3.90.